The van der Waals surface area contributed by atoms with Crippen LogP contribution in [-0.2, 0) is 0 Å². The first-order valence-corrected chi connectivity index (χ1v) is 7.68. The van der Waals surface area contributed by atoms with Gasteiger partial charge in [0.1, 0.15) is 0 Å². The summed E-state index contributed by atoms with van der Waals surface area (Å²) in [7, 11) is 0. The van der Waals surface area contributed by atoms with Crippen LogP contribution in [0.3, 0.4) is 0 Å². The van der Waals surface area contributed by atoms with Crippen LogP contribution in [0.5, 0.6) is 0 Å². The predicted octanol–water partition coefficient (Wildman–Crippen LogP) is 0.820. The Kier molecular flexibility index (Phi) is 8.30. The molecule has 0 amide bonds. The van der Waals surface area contributed by atoms with E-state index in [1.807, 2.05) is 13.0 Å². The molecule has 0 radical (unpaired) electrons. The summed E-state index contributed by atoms with van der Waals surface area (Å²) in [6.45, 7) is 12.7. The van der Waals surface area contributed by atoms with Crippen LogP contribution in [0.1, 0.15) is 26.7 Å². The number of hydrogen-bond donors (Lipinski definition) is 3. The molecule has 0 bridgehead atoms. The second-order valence-corrected chi connectivity index (χ2v) is 5.52. The van der Waals surface area contributed by atoms with Gasteiger partial charge in [-0.05, 0) is 25.7 Å². The number of nitrogens with zero attached hydrogens (tertiary/aromatic N) is 2. The molecule has 1 atom stereocenters. The van der Waals surface area contributed by atoms with Crippen molar-refractivity contribution in [2.45, 2.75) is 32.7 Å². The SMILES string of the molecule is C=CCN1CCC(NC(=NCC(C)CO)NCC)CC1. The molecule has 1 heterocycles. The summed E-state index contributed by atoms with van der Waals surface area (Å²) in [5.74, 6) is 1.08. The van der Waals surface area contributed by atoms with E-state index in [9.17, 15) is 0 Å². The van der Waals surface area contributed by atoms with E-state index in [1.165, 1.54) is 0 Å². The molecule has 0 aliphatic carbocycles. The molecule has 0 saturated carbocycles. The minimum absolute atomic E-state index is 0.183. The Morgan fingerprint density at radius 1 is 1.50 bits per heavy atom. The Morgan fingerprint density at radius 2 is 2.20 bits per heavy atom. The van der Waals surface area contributed by atoms with Crippen molar-refractivity contribution in [3.8, 4) is 0 Å². The van der Waals surface area contributed by atoms with Crippen molar-refractivity contribution in [3.05, 3.63) is 12.7 Å². The fourth-order valence-corrected chi connectivity index (χ4v) is 2.26. The van der Waals surface area contributed by atoms with Crippen LogP contribution in [0.15, 0.2) is 17.6 Å². The Labute approximate surface area is 123 Å². The van der Waals surface area contributed by atoms with Crippen molar-refractivity contribution < 1.29 is 5.11 Å². The molecule has 116 valence electrons. The van der Waals surface area contributed by atoms with E-state index in [2.05, 4.69) is 34.0 Å². The molecule has 1 fully saturated rings. The smallest absolute Gasteiger partial charge is 0.191 e. The summed E-state index contributed by atoms with van der Waals surface area (Å²) in [6.07, 6.45) is 4.23. The summed E-state index contributed by atoms with van der Waals surface area (Å²) >= 11 is 0. The van der Waals surface area contributed by atoms with Crippen molar-refractivity contribution >= 4 is 5.96 Å². The van der Waals surface area contributed by atoms with Crippen molar-refractivity contribution in [1.29, 1.82) is 0 Å². The summed E-state index contributed by atoms with van der Waals surface area (Å²) in [4.78, 5) is 6.96. The number of aliphatic hydroxyl groups is 1. The van der Waals surface area contributed by atoms with E-state index < -0.39 is 0 Å². The first-order valence-electron chi connectivity index (χ1n) is 7.68. The van der Waals surface area contributed by atoms with Gasteiger partial charge in [0.05, 0.1) is 0 Å². The Hall–Kier alpha value is -1.07. The first-order chi connectivity index (χ1) is 9.69. The maximum atomic E-state index is 9.06. The van der Waals surface area contributed by atoms with Crippen molar-refractivity contribution in [3.63, 3.8) is 0 Å². The topological polar surface area (TPSA) is 59.9 Å². The van der Waals surface area contributed by atoms with Crippen LogP contribution in [0.2, 0.25) is 0 Å². The van der Waals surface area contributed by atoms with Crippen LogP contribution < -0.4 is 10.6 Å². The molecule has 3 N–H and O–H groups in total. The molecule has 0 spiro atoms. The molecule has 1 saturated heterocycles. The number of guanidine groups is 1. The average Bonchev–Trinajstić information content (AvgIpc) is 2.47. The largest absolute Gasteiger partial charge is 0.396 e. The van der Waals surface area contributed by atoms with E-state index in [-0.39, 0.29) is 12.5 Å². The van der Waals surface area contributed by atoms with Gasteiger partial charge < -0.3 is 15.7 Å². The minimum Gasteiger partial charge on any atom is -0.396 e. The van der Waals surface area contributed by atoms with E-state index >= 15 is 0 Å². The highest BCUT2D eigenvalue weighted by Crippen LogP contribution is 2.09. The molecule has 1 unspecified atom stereocenters. The molecule has 1 aliphatic heterocycles. The fourth-order valence-electron chi connectivity index (χ4n) is 2.26. The lowest BCUT2D eigenvalue weighted by atomic mass is 10.1. The summed E-state index contributed by atoms with van der Waals surface area (Å²) in [6, 6.07) is 0.485. The molecule has 1 rings (SSSR count). The highest BCUT2D eigenvalue weighted by Gasteiger charge is 2.19. The third-order valence-corrected chi connectivity index (χ3v) is 3.53. The third kappa shape index (κ3) is 6.39. The lowest BCUT2D eigenvalue weighted by Gasteiger charge is -2.32. The van der Waals surface area contributed by atoms with Crippen LogP contribution in [0, 0.1) is 5.92 Å². The quantitative estimate of drug-likeness (QED) is 0.368. The standard InChI is InChI=1S/C15H30N4O/c1-4-8-19-9-6-14(7-10-19)18-15(16-5-2)17-11-13(3)12-20/h4,13-14,20H,1,5-12H2,2-3H3,(H2,16,17,18). The first kappa shape index (κ1) is 17.0. The zero-order valence-corrected chi connectivity index (χ0v) is 12.9. The van der Waals surface area contributed by atoms with E-state index in [4.69, 9.17) is 5.11 Å². The van der Waals surface area contributed by atoms with Gasteiger partial charge in [-0.2, -0.15) is 0 Å². The van der Waals surface area contributed by atoms with Gasteiger partial charge in [0.2, 0.25) is 0 Å². The number of aliphatic hydroxyl groups excluding tert-OH is 1. The zero-order chi connectivity index (χ0) is 14.8. The van der Waals surface area contributed by atoms with Crippen LogP contribution in [0.25, 0.3) is 0 Å². The highest BCUT2D eigenvalue weighted by molar-refractivity contribution is 5.80. The monoisotopic (exact) mass is 282 g/mol. The van der Waals surface area contributed by atoms with Crippen molar-refractivity contribution in [2.24, 2.45) is 10.9 Å². The number of aliphatic imine (C=N–C) groups is 1. The van der Waals surface area contributed by atoms with Crippen molar-refractivity contribution in [1.82, 2.24) is 15.5 Å². The normalized spacial score (nSPS) is 19.6. The van der Waals surface area contributed by atoms with Gasteiger partial charge in [0.15, 0.2) is 5.96 Å². The minimum atomic E-state index is 0.183. The maximum absolute atomic E-state index is 9.06. The van der Waals surface area contributed by atoms with Gasteiger partial charge in [0, 0.05) is 45.4 Å². The van der Waals surface area contributed by atoms with Gasteiger partial charge in [-0.25, -0.2) is 0 Å². The Bertz CT molecular complexity index is 298. The second kappa shape index (κ2) is 9.77. The van der Waals surface area contributed by atoms with Crippen molar-refractivity contribution in [2.75, 3.05) is 39.3 Å². The molecule has 1 aliphatic rings. The maximum Gasteiger partial charge on any atom is 0.191 e. The van der Waals surface area contributed by atoms with Gasteiger partial charge in [-0.15, -0.1) is 6.58 Å². The van der Waals surface area contributed by atoms with Gasteiger partial charge in [0.25, 0.3) is 0 Å². The summed E-state index contributed by atoms with van der Waals surface area (Å²) < 4.78 is 0. The number of nitrogens with one attached hydrogen (secondary N) is 2. The molecule has 0 aromatic heterocycles. The molecule has 0 aromatic carbocycles. The lowest BCUT2D eigenvalue weighted by molar-refractivity contribution is 0.224. The summed E-state index contributed by atoms with van der Waals surface area (Å²) in [5.41, 5.74) is 0. The molecule has 0 aromatic rings. The van der Waals surface area contributed by atoms with E-state index in [0.717, 1.165) is 45.0 Å². The van der Waals surface area contributed by atoms with Gasteiger partial charge >= 0.3 is 0 Å². The lowest BCUT2D eigenvalue weighted by Crippen LogP contribution is -2.48. The highest BCUT2D eigenvalue weighted by atomic mass is 16.3. The number of likely N-dealkylation sites (tertiary alicyclic amines) is 1. The van der Waals surface area contributed by atoms with Gasteiger partial charge in [-0.3, -0.25) is 9.89 Å². The van der Waals surface area contributed by atoms with Crippen LogP contribution >= 0.6 is 0 Å². The summed E-state index contributed by atoms with van der Waals surface area (Å²) in [5, 5.41) is 15.8. The average molecular weight is 282 g/mol. The fraction of sp³-hybridized carbons (Fsp3) is 0.800. The number of rotatable bonds is 7. The number of piperidine rings is 1. The van der Waals surface area contributed by atoms with E-state index in [1.54, 1.807) is 0 Å². The van der Waals surface area contributed by atoms with Crippen LogP contribution in [-0.4, -0.2) is 61.3 Å². The molecular weight excluding hydrogens is 252 g/mol. The Balaban J connectivity index is 2.40. The molecule has 20 heavy (non-hydrogen) atoms. The zero-order valence-electron chi connectivity index (χ0n) is 12.9. The molecule has 5 heteroatoms. The van der Waals surface area contributed by atoms with Gasteiger partial charge in [-0.1, -0.05) is 13.0 Å². The predicted molar refractivity (Wildman–Crippen MR) is 85.0 cm³/mol. The third-order valence-electron chi connectivity index (χ3n) is 3.53. The molecule has 5 nitrogen and oxygen atoms in total. The second-order valence-electron chi connectivity index (χ2n) is 5.52. The molecular formula is C15H30N4O. The Morgan fingerprint density at radius 3 is 2.75 bits per heavy atom. The number of hydrogen-bond acceptors (Lipinski definition) is 3. The van der Waals surface area contributed by atoms with Crippen LogP contribution in [0.4, 0.5) is 0 Å². The van der Waals surface area contributed by atoms with E-state index in [0.29, 0.717) is 12.6 Å².